The average molecular weight is 251 g/mol. The second-order valence-electron chi connectivity index (χ2n) is 4.97. The zero-order valence-electron chi connectivity index (χ0n) is 11.7. The molecule has 0 aromatic heterocycles. The zero-order valence-corrected chi connectivity index (χ0v) is 11.7. The van der Waals surface area contributed by atoms with E-state index in [1.54, 1.807) is 0 Å². The fourth-order valence-electron chi connectivity index (χ4n) is 1.95. The van der Waals surface area contributed by atoms with E-state index in [4.69, 9.17) is 15.2 Å². The molecule has 0 aliphatic heterocycles. The number of benzene rings is 1. The van der Waals surface area contributed by atoms with Crippen LogP contribution < -0.4 is 10.5 Å². The number of rotatable bonds is 8. The molecule has 1 atom stereocenters. The van der Waals surface area contributed by atoms with Gasteiger partial charge in [0.2, 0.25) is 0 Å². The van der Waals surface area contributed by atoms with Crippen LogP contribution in [0, 0.1) is 5.92 Å². The van der Waals surface area contributed by atoms with E-state index in [-0.39, 0.29) is 0 Å². The number of para-hydroxylation sites is 1. The van der Waals surface area contributed by atoms with Crippen molar-refractivity contribution in [1.29, 1.82) is 0 Å². The Hall–Kier alpha value is -1.06. The first kappa shape index (κ1) is 15.0. The van der Waals surface area contributed by atoms with Gasteiger partial charge >= 0.3 is 0 Å². The third-order valence-electron chi connectivity index (χ3n) is 2.74. The maximum Gasteiger partial charge on any atom is 0.123 e. The molecule has 3 heteroatoms. The van der Waals surface area contributed by atoms with Crippen molar-refractivity contribution in [3.8, 4) is 5.75 Å². The molecule has 0 bridgehead atoms. The van der Waals surface area contributed by atoms with Gasteiger partial charge in [-0.2, -0.15) is 0 Å². The molecular formula is C15H25NO2. The minimum Gasteiger partial charge on any atom is -0.491 e. The van der Waals surface area contributed by atoms with Crippen molar-refractivity contribution in [3.63, 3.8) is 0 Å². The van der Waals surface area contributed by atoms with Gasteiger partial charge in [0.05, 0.1) is 12.7 Å². The topological polar surface area (TPSA) is 44.5 Å². The third-order valence-corrected chi connectivity index (χ3v) is 2.74. The molecule has 1 aromatic rings. The van der Waals surface area contributed by atoms with E-state index in [1.165, 1.54) is 0 Å². The standard InChI is InChI=1S/C15H25NO2/c1-12(2)10-13(3)17-8-9-18-15-7-5-4-6-14(15)11-16/h4-7,12-13H,8-11,16H2,1-3H3. The van der Waals surface area contributed by atoms with Crippen LogP contribution in [-0.2, 0) is 11.3 Å². The fraction of sp³-hybridized carbons (Fsp3) is 0.600. The second kappa shape index (κ2) is 8.11. The first-order valence-corrected chi connectivity index (χ1v) is 6.65. The van der Waals surface area contributed by atoms with Gasteiger partial charge in [-0.1, -0.05) is 32.0 Å². The van der Waals surface area contributed by atoms with Crippen LogP contribution in [0.25, 0.3) is 0 Å². The first-order chi connectivity index (χ1) is 8.63. The second-order valence-corrected chi connectivity index (χ2v) is 4.97. The summed E-state index contributed by atoms with van der Waals surface area (Å²) in [6, 6.07) is 7.85. The highest BCUT2D eigenvalue weighted by atomic mass is 16.5. The van der Waals surface area contributed by atoms with Crippen LogP contribution in [0.4, 0.5) is 0 Å². The molecule has 1 aromatic carbocycles. The zero-order chi connectivity index (χ0) is 13.4. The van der Waals surface area contributed by atoms with Crippen LogP contribution >= 0.6 is 0 Å². The van der Waals surface area contributed by atoms with Gasteiger partial charge in [-0.3, -0.25) is 0 Å². The quantitative estimate of drug-likeness (QED) is 0.722. The van der Waals surface area contributed by atoms with Crippen molar-refractivity contribution in [2.24, 2.45) is 11.7 Å². The molecule has 0 amide bonds. The summed E-state index contributed by atoms with van der Waals surface area (Å²) in [6.45, 7) is 8.20. The monoisotopic (exact) mass is 251 g/mol. The number of ether oxygens (including phenoxy) is 2. The maximum absolute atomic E-state index is 5.69. The fourth-order valence-corrected chi connectivity index (χ4v) is 1.95. The van der Waals surface area contributed by atoms with E-state index >= 15 is 0 Å². The summed E-state index contributed by atoms with van der Waals surface area (Å²) in [5, 5.41) is 0. The number of hydrogen-bond acceptors (Lipinski definition) is 3. The Morgan fingerprint density at radius 1 is 1.11 bits per heavy atom. The minimum atomic E-state index is 0.290. The molecule has 18 heavy (non-hydrogen) atoms. The van der Waals surface area contributed by atoms with Crippen molar-refractivity contribution in [2.45, 2.75) is 39.8 Å². The van der Waals surface area contributed by atoms with E-state index in [9.17, 15) is 0 Å². The predicted molar refractivity (Wildman–Crippen MR) is 74.7 cm³/mol. The van der Waals surface area contributed by atoms with Gasteiger partial charge in [0.25, 0.3) is 0 Å². The summed E-state index contributed by atoms with van der Waals surface area (Å²) >= 11 is 0. The van der Waals surface area contributed by atoms with Crippen molar-refractivity contribution >= 4 is 0 Å². The van der Waals surface area contributed by atoms with Crippen LogP contribution in [-0.4, -0.2) is 19.3 Å². The van der Waals surface area contributed by atoms with Gasteiger partial charge in [0, 0.05) is 12.1 Å². The highest BCUT2D eigenvalue weighted by Gasteiger charge is 2.05. The third kappa shape index (κ3) is 5.52. The van der Waals surface area contributed by atoms with Gasteiger partial charge < -0.3 is 15.2 Å². The summed E-state index contributed by atoms with van der Waals surface area (Å²) in [7, 11) is 0. The Bertz CT molecular complexity index is 339. The first-order valence-electron chi connectivity index (χ1n) is 6.65. The highest BCUT2D eigenvalue weighted by Crippen LogP contribution is 2.17. The molecule has 0 fully saturated rings. The molecule has 2 N–H and O–H groups in total. The summed E-state index contributed by atoms with van der Waals surface area (Å²) in [5.41, 5.74) is 6.68. The lowest BCUT2D eigenvalue weighted by molar-refractivity contribution is 0.0330. The van der Waals surface area contributed by atoms with Gasteiger partial charge in [0.1, 0.15) is 12.4 Å². The summed E-state index contributed by atoms with van der Waals surface area (Å²) in [6.07, 6.45) is 1.37. The highest BCUT2D eigenvalue weighted by molar-refractivity contribution is 5.32. The maximum atomic E-state index is 5.69. The van der Waals surface area contributed by atoms with Crippen LogP contribution in [0.15, 0.2) is 24.3 Å². The number of nitrogens with two attached hydrogens (primary N) is 1. The molecule has 0 radical (unpaired) electrons. The Morgan fingerprint density at radius 2 is 1.83 bits per heavy atom. The van der Waals surface area contributed by atoms with Gasteiger partial charge in [0.15, 0.2) is 0 Å². The summed E-state index contributed by atoms with van der Waals surface area (Å²) in [5.74, 6) is 1.53. The molecule has 3 nitrogen and oxygen atoms in total. The molecular weight excluding hydrogens is 226 g/mol. The van der Waals surface area contributed by atoms with Crippen LogP contribution in [0.2, 0.25) is 0 Å². The lowest BCUT2D eigenvalue weighted by Crippen LogP contribution is -2.16. The largest absolute Gasteiger partial charge is 0.491 e. The average Bonchev–Trinajstić information content (AvgIpc) is 2.34. The molecule has 0 saturated heterocycles. The van der Waals surface area contributed by atoms with E-state index in [0.717, 1.165) is 17.7 Å². The smallest absolute Gasteiger partial charge is 0.123 e. The molecule has 0 saturated carbocycles. The molecule has 1 unspecified atom stereocenters. The van der Waals surface area contributed by atoms with Crippen molar-refractivity contribution in [2.75, 3.05) is 13.2 Å². The van der Waals surface area contributed by atoms with Gasteiger partial charge in [-0.25, -0.2) is 0 Å². The lowest BCUT2D eigenvalue weighted by atomic mass is 10.1. The van der Waals surface area contributed by atoms with Gasteiger partial charge in [-0.15, -0.1) is 0 Å². The van der Waals surface area contributed by atoms with Gasteiger partial charge in [-0.05, 0) is 25.3 Å². The lowest BCUT2D eigenvalue weighted by Gasteiger charge is -2.16. The van der Waals surface area contributed by atoms with E-state index < -0.39 is 0 Å². The Labute approximate surface area is 110 Å². The van der Waals surface area contributed by atoms with E-state index in [1.807, 2.05) is 24.3 Å². The molecule has 0 aliphatic rings. The summed E-state index contributed by atoms with van der Waals surface area (Å²) in [4.78, 5) is 0. The summed E-state index contributed by atoms with van der Waals surface area (Å²) < 4.78 is 11.4. The molecule has 1 rings (SSSR count). The van der Waals surface area contributed by atoms with Crippen molar-refractivity contribution in [3.05, 3.63) is 29.8 Å². The van der Waals surface area contributed by atoms with Crippen LogP contribution in [0.3, 0.4) is 0 Å². The Morgan fingerprint density at radius 3 is 2.50 bits per heavy atom. The Kier molecular flexibility index (Phi) is 6.76. The number of hydrogen-bond donors (Lipinski definition) is 1. The molecule has 0 heterocycles. The van der Waals surface area contributed by atoms with Crippen LogP contribution in [0.1, 0.15) is 32.8 Å². The molecule has 0 spiro atoms. The van der Waals surface area contributed by atoms with E-state index in [0.29, 0.717) is 31.8 Å². The molecule has 102 valence electrons. The normalized spacial score (nSPS) is 12.7. The SMILES string of the molecule is CC(C)CC(C)OCCOc1ccccc1CN. The van der Waals surface area contributed by atoms with Crippen molar-refractivity contribution in [1.82, 2.24) is 0 Å². The van der Waals surface area contributed by atoms with Crippen molar-refractivity contribution < 1.29 is 9.47 Å². The van der Waals surface area contributed by atoms with E-state index in [2.05, 4.69) is 20.8 Å². The van der Waals surface area contributed by atoms with Crippen LogP contribution in [0.5, 0.6) is 5.75 Å². The molecule has 0 aliphatic carbocycles. The minimum absolute atomic E-state index is 0.290. The predicted octanol–water partition coefficient (Wildman–Crippen LogP) is 2.98. The Balaban J connectivity index is 2.25.